The minimum atomic E-state index is -4.46. The average molecular weight is 464 g/mol. The van der Waals surface area contributed by atoms with Crippen LogP contribution in [0, 0.1) is 0 Å². The van der Waals surface area contributed by atoms with Crippen molar-refractivity contribution in [2.45, 2.75) is 12.9 Å². The molecular weight excluding hydrogens is 440 g/mol. The van der Waals surface area contributed by atoms with Crippen LogP contribution in [-0.2, 0) is 17.6 Å². The number of nitrogens with zero attached hydrogens (tertiary/aromatic N) is 5. The molecule has 0 amide bonds. The van der Waals surface area contributed by atoms with E-state index in [1.165, 1.54) is 6.07 Å². The first-order chi connectivity index (χ1) is 15.9. The minimum absolute atomic E-state index is 0.355. The summed E-state index contributed by atoms with van der Waals surface area (Å²) >= 11 is 0. The van der Waals surface area contributed by atoms with Crippen molar-refractivity contribution in [1.82, 2.24) is 15.0 Å². The summed E-state index contributed by atoms with van der Waals surface area (Å²) in [7, 11) is 0. The van der Waals surface area contributed by atoms with Crippen molar-refractivity contribution in [1.29, 1.82) is 0 Å². The van der Waals surface area contributed by atoms with Gasteiger partial charge in [-0.15, -0.1) is 0 Å². The van der Waals surface area contributed by atoms with E-state index in [-0.39, 0.29) is 0 Å². The molecule has 2 aliphatic heterocycles. The molecule has 1 aromatic carbocycles. The van der Waals surface area contributed by atoms with Crippen molar-refractivity contribution >= 4 is 28.5 Å². The van der Waals surface area contributed by atoms with Crippen molar-refractivity contribution in [2.75, 3.05) is 67.2 Å². The van der Waals surface area contributed by atoms with Crippen LogP contribution in [0.1, 0.15) is 11.1 Å². The zero-order valence-electron chi connectivity index (χ0n) is 17.9. The predicted molar refractivity (Wildman–Crippen MR) is 118 cm³/mol. The summed E-state index contributed by atoms with van der Waals surface area (Å²) < 4.78 is 59.4. The maximum Gasteiger partial charge on any atom is 0.416 e. The largest absolute Gasteiger partial charge is 0.416 e. The fraction of sp³-hybridized carbons (Fsp3) is 0.455. The highest BCUT2D eigenvalue weighted by atomic mass is 19.4. The predicted octanol–water partition coefficient (Wildman–Crippen LogP) is 3.61. The van der Waals surface area contributed by atoms with Crippen molar-refractivity contribution in [2.24, 2.45) is 0 Å². The first-order valence-electron chi connectivity index (χ1n) is 10.9. The first kappa shape index (κ1) is 21.7. The highest BCUT2D eigenvalue weighted by molar-refractivity contribution is 5.91. The summed E-state index contributed by atoms with van der Waals surface area (Å²) in [5, 5.41) is 0. The highest BCUT2D eigenvalue weighted by Gasteiger charge is 2.33. The van der Waals surface area contributed by atoms with Gasteiger partial charge in [0, 0.05) is 51.0 Å². The van der Waals surface area contributed by atoms with Gasteiger partial charge in [0.25, 0.3) is 0 Å². The van der Waals surface area contributed by atoms with Crippen molar-refractivity contribution in [3.63, 3.8) is 0 Å². The van der Waals surface area contributed by atoms with Crippen molar-refractivity contribution < 1.29 is 22.3 Å². The normalized spacial score (nSPS) is 17.8. The van der Waals surface area contributed by atoms with E-state index in [0.717, 1.165) is 6.07 Å². The standard InChI is InChI=1S/C22H24F4N6O/c23-14-15-2-1-3-27-20(15)31-4-6-32(7-5-31)21-28-17-12-16(22(24,25)26)13-18(19(17)29-21)30-8-10-33-11-9-30/h1-3,12-13H,4-11,14H2,(H,28,29). The fourth-order valence-electron chi connectivity index (χ4n) is 4.39. The number of imidazole rings is 1. The van der Waals surface area contributed by atoms with E-state index >= 15 is 0 Å². The molecule has 0 unspecified atom stereocenters. The Balaban J connectivity index is 1.42. The molecule has 11 heteroatoms. The summed E-state index contributed by atoms with van der Waals surface area (Å²) in [5.41, 5.74) is 1.18. The van der Waals surface area contributed by atoms with Crippen LogP contribution in [0.4, 0.5) is 35.0 Å². The van der Waals surface area contributed by atoms with Gasteiger partial charge < -0.3 is 24.4 Å². The second-order valence-electron chi connectivity index (χ2n) is 8.14. The van der Waals surface area contributed by atoms with Crippen LogP contribution >= 0.6 is 0 Å². The van der Waals surface area contributed by atoms with E-state index in [1.807, 2.05) is 14.7 Å². The van der Waals surface area contributed by atoms with Gasteiger partial charge in [0.15, 0.2) is 0 Å². The SMILES string of the molecule is FCc1cccnc1N1CCN(c2nc3c(N4CCOCC4)cc(C(F)(F)F)cc3[nH]2)CC1. The molecule has 1 N–H and O–H groups in total. The number of nitrogens with one attached hydrogen (secondary N) is 1. The van der Waals surface area contributed by atoms with E-state index in [2.05, 4.69) is 9.97 Å². The summed E-state index contributed by atoms with van der Waals surface area (Å²) in [6, 6.07) is 5.73. The van der Waals surface area contributed by atoms with Crippen LogP contribution in [0.5, 0.6) is 0 Å². The molecule has 0 bridgehead atoms. The molecule has 0 atom stereocenters. The molecule has 2 aliphatic rings. The lowest BCUT2D eigenvalue weighted by Crippen LogP contribution is -2.47. The third kappa shape index (κ3) is 4.29. The molecule has 0 radical (unpaired) electrons. The van der Waals surface area contributed by atoms with Crippen LogP contribution in [0.25, 0.3) is 11.0 Å². The molecule has 7 nitrogen and oxygen atoms in total. The van der Waals surface area contributed by atoms with Gasteiger partial charge in [0.2, 0.25) is 5.95 Å². The number of aromatic nitrogens is 3. The molecule has 4 heterocycles. The molecule has 176 valence electrons. The van der Waals surface area contributed by atoms with Gasteiger partial charge in [-0.25, -0.2) is 14.4 Å². The van der Waals surface area contributed by atoms with Crippen LogP contribution in [0.2, 0.25) is 0 Å². The third-order valence-electron chi connectivity index (χ3n) is 6.12. The summed E-state index contributed by atoms with van der Waals surface area (Å²) in [6.07, 6.45) is -2.81. The third-order valence-corrected chi connectivity index (χ3v) is 6.12. The van der Waals surface area contributed by atoms with Gasteiger partial charge in [-0.3, -0.25) is 0 Å². The maximum atomic E-state index is 13.6. The topological polar surface area (TPSA) is 60.5 Å². The Morgan fingerprint density at radius 1 is 0.970 bits per heavy atom. The molecular formula is C22H24F4N6O. The number of aromatic amines is 1. The molecule has 0 aliphatic carbocycles. The molecule has 33 heavy (non-hydrogen) atoms. The van der Waals surface area contributed by atoms with Crippen molar-refractivity contribution in [3.8, 4) is 0 Å². The molecule has 2 fully saturated rings. The van der Waals surface area contributed by atoms with Gasteiger partial charge in [-0.05, 0) is 18.2 Å². The molecule has 2 saturated heterocycles. The fourth-order valence-corrected chi connectivity index (χ4v) is 4.39. The number of piperazine rings is 1. The lowest BCUT2D eigenvalue weighted by Gasteiger charge is -2.35. The lowest BCUT2D eigenvalue weighted by molar-refractivity contribution is -0.137. The molecule has 2 aromatic heterocycles. The van der Waals surface area contributed by atoms with E-state index in [0.29, 0.717) is 86.5 Å². The number of rotatable bonds is 4. The highest BCUT2D eigenvalue weighted by Crippen LogP contribution is 2.37. The number of morpholine rings is 1. The van der Waals surface area contributed by atoms with Crippen LogP contribution in [0.3, 0.4) is 0 Å². The number of H-pyrrole nitrogens is 1. The van der Waals surface area contributed by atoms with Crippen LogP contribution < -0.4 is 14.7 Å². The summed E-state index contributed by atoms with van der Waals surface area (Å²) in [5.74, 6) is 1.17. The molecule has 5 rings (SSSR count). The summed E-state index contributed by atoms with van der Waals surface area (Å²) in [4.78, 5) is 18.0. The number of ether oxygens (including phenoxy) is 1. The van der Waals surface area contributed by atoms with E-state index in [9.17, 15) is 17.6 Å². The zero-order chi connectivity index (χ0) is 23.0. The van der Waals surface area contributed by atoms with Crippen LogP contribution in [0.15, 0.2) is 30.5 Å². The molecule has 0 saturated carbocycles. The summed E-state index contributed by atoms with van der Waals surface area (Å²) in [6.45, 7) is 3.74. The van der Waals surface area contributed by atoms with Gasteiger partial charge in [-0.1, -0.05) is 6.07 Å². The average Bonchev–Trinajstić information content (AvgIpc) is 3.28. The number of hydrogen-bond acceptors (Lipinski definition) is 6. The number of benzene rings is 1. The van der Waals surface area contributed by atoms with Crippen molar-refractivity contribution in [3.05, 3.63) is 41.6 Å². The second kappa shape index (κ2) is 8.69. The minimum Gasteiger partial charge on any atom is -0.378 e. The van der Waals surface area contributed by atoms with E-state index in [1.54, 1.807) is 18.3 Å². The van der Waals surface area contributed by atoms with E-state index in [4.69, 9.17) is 9.72 Å². The van der Waals surface area contributed by atoms with Crippen LogP contribution in [-0.4, -0.2) is 67.4 Å². The molecule has 0 spiro atoms. The zero-order valence-corrected chi connectivity index (χ0v) is 17.9. The Labute approximate surface area is 188 Å². The monoisotopic (exact) mass is 464 g/mol. The Hall–Kier alpha value is -3.08. The number of fused-ring (bicyclic) bond motifs is 1. The second-order valence-corrected chi connectivity index (χ2v) is 8.14. The first-order valence-corrected chi connectivity index (χ1v) is 10.9. The lowest BCUT2D eigenvalue weighted by atomic mass is 10.1. The maximum absolute atomic E-state index is 13.6. The number of anilines is 3. The smallest absolute Gasteiger partial charge is 0.378 e. The van der Waals surface area contributed by atoms with Gasteiger partial charge in [0.1, 0.15) is 18.0 Å². The van der Waals surface area contributed by atoms with E-state index < -0.39 is 18.4 Å². The number of hydrogen-bond donors (Lipinski definition) is 1. The quantitative estimate of drug-likeness (QED) is 0.596. The van der Waals surface area contributed by atoms with Gasteiger partial charge in [0.05, 0.1) is 30.0 Å². The Bertz CT molecular complexity index is 1120. The number of halogens is 4. The molecule has 3 aromatic rings. The van der Waals surface area contributed by atoms with Gasteiger partial charge >= 0.3 is 6.18 Å². The van der Waals surface area contributed by atoms with Gasteiger partial charge in [-0.2, -0.15) is 13.2 Å². The number of pyridine rings is 1. The number of alkyl halides is 4. The Morgan fingerprint density at radius 3 is 2.39 bits per heavy atom. The Kier molecular flexibility index (Phi) is 5.73. The Morgan fingerprint density at radius 2 is 1.70 bits per heavy atom.